The highest BCUT2D eigenvalue weighted by Gasteiger charge is 2.22. The van der Waals surface area contributed by atoms with E-state index in [0.29, 0.717) is 10.7 Å². The zero-order valence-electron chi connectivity index (χ0n) is 7.10. The summed E-state index contributed by atoms with van der Waals surface area (Å²) in [4.78, 5) is 2.00. The Bertz CT molecular complexity index is 405. The van der Waals surface area contributed by atoms with Crippen molar-refractivity contribution in [2.45, 2.75) is 11.8 Å². The number of rotatable bonds is 0. The van der Waals surface area contributed by atoms with Crippen LogP contribution in [0.2, 0.25) is 0 Å². The first-order valence-electron chi connectivity index (χ1n) is 3.92. The van der Waals surface area contributed by atoms with Crippen LogP contribution in [0.3, 0.4) is 0 Å². The molecule has 3 heteroatoms. The third-order valence-corrected chi connectivity index (χ3v) is 3.50. The van der Waals surface area contributed by atoms with Crippen LogP contribution in [0.4, 0.5) is 0 Å². The summed E-state index contributed by atoms with van der Waals surface area (Å²) in [5.41, 5.74) is 1.54. The average molecular weight is 210 g/mol. The number of nitrogens with one attached hydrogen (secondary N) is 1. The van der Waals surface area contributed by atoms with Gasteiger partial charge >= 0.3 is 0 Å². The van der Waals surface area contributed by atoms with E-state index in [0.717, 1.165) is 15.4 Å². The van der Waals surface area contributed by atoms with Gasteiger partial charge in [-0.2, -0.15) is 0 Å². The van der Waals surface area contributed by atoms with Crippen molar-refractivity contribution in [3.05, 3.63) is 39.8 Å². The Hall–Kier alpha value is -0.730. The Morgan fingerprint density at radius 1 is 1.38 bits per heavy atom. The van der Waals surface area contributed by atoms with Crippen molar-refractivity contribution < 1.29 is 0 Å². The van der Waals surface area contributed by atoms with E-state index in [1.807, 2.05) is 31.2 Å². The number of halogens is 1. The van der Waals surface area contributed by atoms with Crippen LogP contribution in [0.5, 0.6) is 0 Å². The van der Waals surface area contributed by atoms with E-state index in [2.05, 4.69) is 0 Å². The van der Waals surface area contributed by atoms with Gasteiger partial charge in [-0.05, 0) is 13.0 Å². The number of thioether (sulfide) groups is 1. The molecule has 66 valence electrons. The van der Waals surface area contributed by atoms with Gasteiger partial charge in [0.15, 0.2) is 0 Å². The molecule has 0 amide bonds. The summed E-state index contributed by atoms with van der Waals surface area (Å²) < 4.78 is 0. The quantitative estimate of drug-likeness (QED) is 0.693. The minimum atomic E-state index is 0.549. The molecule has 0 spiro atoms. The molecule has 1 aromatic rings. The minimum absolute atomic E-state index is 0.549. The smallest absolute Gasteiger partial charge is 0.0774 e. The van der Waals surface area contributed by atoms with Crippen LogP contribution < -0.4 is 0 Å². The Kier molecular flexibility index (Phi) is 2.18. The Morgan fingerprint density at radius 3 is 2.69 bits per heavy atom. The van der Waals surface area contributed by atoms with Gasteiger partial charge in [0, 0.05) is 15.5 Å². The predicted octanol–water partition coefficient (Wildman–Crippen LogP) is 3.63. The molecule has 0 bridgehead atoms. The van der Waals surface area contributed by atoms with Crippen molar-refractivity contribution >= 4 is 29.1 Å². The second-order valence-electron chi connectivity index (χ2n) is 2.84. The van der Waals surface area contributed by atoms with Gasteiger partial charge in [-0.25, -0.2) is 0 Å². The van der Waals surface area contributed by atoms with Crippen molar-refractivity contribution in [2.75, 3.05) is 0 Å². The highest BCUT2D eigenvalue weighted by Crippen LogP contribution is 2.41. The summed E-state index contributed by atoms with van der Waals surface area (Å²) >= 11 is 7.46. The Morgan fingerprint density at radius 2 is 2.08 bits per heavy atom. The van der Waals surface area contributed by atoms with Crippen LogP contribution in [0.1, 0.15) is 12.5 Å². The molecule has 1 aromatic carbocycles. The Labute approximate surface area is 86.3 Å². The van der Waals surface area contributed by atoms with Gasteiger partial charge in [-0.3, -0.25) is 5.41 Å². The van der Waals surface area contributed by atoms with Crippen molar-refractivity contribution in [3.63, 3.8) is 0 Å². The van der Waals surface area contributed by atoms with E-state index in [1.54, 1.807) is 11.8 Å². The average Bonchev–Trinajstić information content (AvgIpc) is 2.45. The van der Waals surface area contributed by atoms with Crippen LogP contribution in [0, 0.1) is 5.41 Å². The maximum Gasteiger partial charge on any atom is 0.0774 e. The highest BCUT2D eigenvalue weighted by atomic mass is 35.5. The number of benzene rings is 1. The third-order valence-electron chi connectivity index (χ3n) is 1.91. The summed E-state index contributed by atoms with van der Waals surface area (Å²) in [6.07, 6.45) is 0. The molecular weight excluding hydrogens is 202 g/mol. The van der Waals surface area contributed by atoms with Gasteiger partial charge in [-0.15, -0.1) is 0 Å². The van der Waals surface area contributed by atoms with Crippen molar-refractivity contribution in [2.24, 2.45) is 0 Å². The van der Waals surface area contributed by atoms with Crippen LogP contribution in [0.25, 0.3) is 0 Å². The summed E-state index contributed by atoms with van der Waals surface area (Å²) in [6, 6.07) is 7.89. The first-order valence-corrected chi connectivity index (χ1v) is 5.12. The van der Waals surface area contributed by atoms with E-state index in [4.69, 9.17) is 17.0 Å². The molecule has 1 N–H and O–H groups in total. The molecule has 0 fully saturated rings. The maximum atomic E-state index is 7.86. The molecule has 0 radical (unpaired) electrons. The van der Waals surface area contributed by atoms with Gasteiger partial charge in [0.1, 0.15) is 0 Å². The van der Waals surface area contributed by atoms with E-state index < -0.39 is 0 Å². The second kappa shape index (κ2) is 3.20. The number of hydrogen-bond donors (Lipinski definition) is 1. The van der Waals surface area contributed by atoms with Gasteiger partial charge < -0.3 is 0 Å². The molecule has 1 aliphatic heterocycles. The fourth-order valence-electron chi connectivity index (χ4n) is 1.29. The van der Waals surface area contributed by atoms with Crippen LogP contribution in [-0.2, 0) is 0 Å². The predicted molar refractivity (Wildman–Crippen MR) is 57.7 cm³/mol. The molecular formula is C10H8ClNS. The van der Waals surface area contributed by atoms with E-state index >= 15 is 0 Å². The van der Waals surface area contributed by atoms with Crippen molar-refractivity contribution in [3.8, 4) is 0 Å². The summed E-state index contributed by atoms with van der Waals surface area (Å²) in [5.74, 6) is 0. The number of hydrogen-bond acceptors (Lipinski definition) is 2. The van der Waals surface area contributed by atoms with Crippen molar-refractivity contribution in [1.82, 2.24) is 0 Å². The normalized spacial score (nSPS) is 18.8. The molecule has 2 rings (SSSR count). The lowest BCUT2D eigenvalue weighted by Crippen LogP contribution is -1.94. The fourth-order valence-corrected chi connectivity index (χ4v) is 2.50. The van der Waals surface area contributed by atoms with Gasteiger partial charge in [0.2, 0.25) is 0 Å². The summed E-state index contributed by atoms with van der Waals surface area (Å²) in [5, 5.41) is 8.56. The highest BCUT2D eigenvalue weighted by molar-refractivity contribution is 8.04. The number of allylic oxidation sites excluding steroid dienone is 2. The molecule has 0 atom stereocenters. The topological polar surface area (TPSA) is 23.9 Å². The standard InChI is InChI=1S/C10H8ClNS/c1-6(11)10-9(12)7-4-2-3-5-8(7)13-10/h2-5,12H,1H3/b10-6-,12-9?. The zero-order chi connectivity index (χ0) is 9.42. The monoisotopic (exact) mass is 209 g/mol. The first kappa shape index (κ1) is 8.85. The molecule has 0 aromatic heterocycles. The molecule has 0 saturated carbocycles. The lowest BCUT2D eigenvalue weighted by atomic mass is 10.1. The van der Waals surface area contributed by atoms with Crippen LogP contribution >= 0.6 is 23.4 Å². The Balaban J connectivity index is 2.57. The third kappa shape index (κ3) is 1.40. The first-order chi connectivity index (χ1) is 6.20. The molecule has 13 heavy (non-hydrogen) atoms. The van der Waals surface area contributed by atoms with Gasteiger partial charge in [0.25, 0.3) is 0 Å². The summed E-state index contributed by atoms with van der Waals surface area (Å²) in [7, 11) is 0. The van der Waals surface area contributed by atoms with E-state index in [1.165, 1.54) is 0 Å². The van der Waals surface area contributed by atoms with Gasteiger partial charge in [-0.1, -0.05) is 41.6 Å². The van der Waals surface area contributed by atoms with Gasteiger partial charge in [0.05, 0.1) is 10.6 Å². The maximum absolute atomic E-state index is 7.86. The lowest BCUT2D eigenvalue weighted by molar-refractivity contribution is 1.41. The SMILES string of the molecule is C/C(Cl)=C1/Sc2ccccc2C1=N. The molecule has 1 aliphatic rings. The molecule has 1 heterocycles. The fraction of sp³-hybridized carbons (Fsp3) is 0.100. The second-order valence-corrected chi connectivity index (χ2v) is 4.45. The van der Waals surface area contributed by atoms with E-state index in [9.17, 15) is 0 Å². The zero-order valence-corrected chi connectivity index (χ0v) is 8.67. The number of fused-ring (bicyclic) bond motifs is 1. The van der Waals surface area contributed by atoms with E-state index in [-0.39, 0.29) is 0 Å². The van der Waals surface area contributed by atoms with Crippen LogP contribution in [-0.4, -0.2) is 5.71 Å². The molecule has 0 aliphatic carbocycles. The largest absolute Gasteiger partial charge is 0.299 e. The van der Waals surface area contributed by atoms with Crippen molar-refractivity contribution in [1.29, 1.82) is 5.41 Å². The summed E-state index contributed by atoms with van der Waals surface area (Å²) in [6.45, 7) is 1.82. The van der Waals surface area contributed by atoms with Crippen LogP contribution in [0.15, 0.2) is 39.1 Å². The molecule has 0 unspecified atom stereocenters. The molecule has 0 saturated heterocycles. The lowest BCUT2D eigenvalue weighted by Gasteiger charge is -1.95. The molecule has 1 nitrogen and oxygen atoms in total. The minimum Gasteiger partial charge on any atom is -0.299 e.